The van der Waals surface area contributed by atoms with Gasteiger partial charge in [0, 0.05) is 11.3 Å². The van der Waals surface area contributed by atoms with Crippen LogP contribution in [0.1, 0.15) is 12.0 Å². The van der Waals surface area contributed by atoms with Crippen molar-refractivity contribution in [3.8, 4) is 5.75 Å². The van der Waals surface area contributed by atoms with Crippen molar-refractivity contribution in [3.05, 3.63) is 54.1 Å². The molecule has 0 spiro atoms. The van der Waals surface area contributed by atoms with Gasteiger partial charge in [-0.25, -0.2) is 0 Å². The van der Waals surface area contributed by atoms with Crippen LogP contribution in [0.2, 0.25) is 0 Å². The van der Waals surface area contributed by atoms with E-state index in [1.54, 1.807) is 18.9 Å². The highest BCUT2D eigenvalue weighted by Crippen LogP contribution is 2.26. The molecule has 0 unspecified atom stereocenters. The molecule has 0 radical (unpaired) electrons. The Kier molecular flexibility index (Phi) is 5.05. The summed E-state index contributed by atoms with van der Waals surface area (Å²) < 4.78 is 5.14. The summed E-state index contributed by atoms with van der Waals surface area (Å²) >= 11 is 1.58. The average Bonchev–Trinajstić information content (AvgIpc) is 3.12. The maximum atomic E-state index is 12.4. The van der Waals surface area contributed by atoms with Gasteiger partial charge >= 0.3 is 0 Å². The summed E-state index contributed by atoms with van der Waals surface area (Å²) in [6.45, 7) is 0. The Balaban J connectivity index is 1.64. The van der Waals surface area contributed by atoms with E-state index in [4.69, 9.17) is 9.57 Å². The molecule has 1 N–H and O–H groups in total. The number of methoxy groups -OCH3 is 1. The van der Waals surface area contributed by atoms with Crippen LogP contribution < -0.4 is 10.1 Å². The molecule has 0 bridgehead atoms. The number of benzene rings is 2. The first-order valence-corrected chi connectivity index (χ1v) is 8.74. The van der Waals surface area contributed by atoms with E-state index in [1.165, 1.54) is 0 Å². The van der Waals surface area contributed by atoms with E-state index in [1.807, 2.05) is 54.8 Å². The van der Waals surface area contributed by atoms with Gasteiger partial charge in [0.05, 0.1) is 18.5 Å². The molecular weight excluding hydrogens is 324 g/mol. The van der Waals surface area contributed by atoms with Crippen molar-refractivity contribution in [2.45, 2.75) is 17.4 Å². The number of anilines is 1. The number of carbonyl (C=O) groups is 1. The summed E-state index contributed by atoms with van der Waals surface area (Å²) in [6, 6.07) is 15.2. The van der Waals surface area contributed by atoms with Gasteiger partial charge in [0.15, 0.2) is 0 Å². The fourth-order valence-corrected chi connectivity index (χ4v) is 2.99. The van der Waals surface area contributed by atoms with E-state index in [0.717, 1.165) is 27.6 Å². The third kappa shape index (κ3) is 3.54. The molecule has 1 heterocycles. The van der Waals surface area contributed by atoms with Crippen LogP contribution in [-0.4, -0.2) is 31.1 Å². The van der Waals surface area contributed by atoms with Gasteiger partial charge in [0.2, 0.25) is 6.10 Å². The van der Waals surface area contributed by atoms with Crippen molar-refractivity contribution in [2.75, 3.05) is 18.7 Å². The Hall–Kier alpha value is -2.47. The molecule has 5 nitrogen and oxygen atoms in total. The molecule has 0 saturated carbocycles. The first-order valence-electron chi connectivity index (χ1n) is 7.52. The molecule has 0 saturated heterocycles. The van der Waals surface area contributed by atoms with Crippen LogP contribution in [0.4, 0.5) is 5.69 Å². The quantitative estimate of drug-likeness (QED) is 0.844. The molecule has 2 aromatic carbocycles. The number of hydrogen-bond acceptors (Lipinski definition) is 5. The van der Waals surface area contributed by atoms with Crippen molar-refractivity contribution in [3.63, 3.8) is 0 Å². The number of thioether (sulfide) groups is 1. The number of carbonyl (C=O) groups excluding carboxylic acids is 1. The Morgan fingerprint density at radius 2 is 2.00 bits per heavy atom. The second kappa shape index (κ2) is 7.40. The molecule has 0 aromatic heterocycles. The number of oxime groups is 1. The maximum absolute atomic E-state index is 12.4. The van der Waals surface area contributed by atoms with Crippen LogP contribution in [-0.2, 0) is 9.63 Å². The number of hydrogen-bond donors (Lipinski definition) is 1. The predicted molar refractivity (Wildman–Crippen MR) is 95.9 cm³/mol. The Morgan fingerprint density at radius 1 is 1.25 bits per heavy atom. The average molecular weight is 342 g/mol. The normalized spacial score (nSPS) is 16.2. The number of nitrogens with one attached hydrogen (secondary N) is 1. The number of amides is 1. The highest BCUT2D eigenvalue weighted by Gasteiger charge is 2.29. The van der Waals surface area contributed by atoms with Crippen molar-refractivity contribution in [1.29, 1.82) is 0 Å². The topological polar surface area (TPSA) is 59.9 Å². The molecule has 1 aliphatic rings. The minimum Gasteiger partial charge on any atom is -0.497 e. The highest BCUT2D eigenvalue weighted by atomic mass is 32.2. The third-order valence-corrected chi connectivity index (χ3v) is 4.55. The zero-order valence-electron chi connectivity index (χ0n) is 13.5. The predicted octanol–water partition coefficient (Wildman–Crippen LogP) is 3.55. The maximum Gasteiger partial charge on any atom is 0.268 e. The zero-order valence-corrected chi connectivity index (χ0v) is 14.3. The number of ether oxygens (including phenoxy) is 1. The molecule has 3 rings (SSSR count). The van der Waals surface area contributed by atoms with Gasteiger partial charge in [0.1, 0.15) is 5.75 Å². The first-order chi connectivity index (χ1) is 11.7. The molecule has 0 fully saturated rings. The van der Waals surface area contributed by atoms with Crippen LogP contribution in [0.15, 0.2) is 58.6 Å². The number of para-hydroxylation sites is 1. The summed E-state index contributed by atoms with van der Waals surface area (Å²) in [6.07, 6.45) is 1.80. The summed E-state index contributed by atoms with van der Waals surface area (Å²) in [7, 11) is 1.62. The zero-order chi connectivity index (χ0) is 16.9. The van der Waals surface area contributed by atoms with E-state index >= 15 is 0 Å². The Morgan fingerprint density at radius 3 is 2.71 bits per heavy atom. The summed E-state index contributed by atoms with van der Waals surface area (Å²) in [4.78, 5) is 18.8. The van der Waals surface area contributed by atoms with Gasteiger partial charge in [-0.1, -0.05) is 17.3 Å². The second-order valence-corrected chi connectivity index (χ2v) is 6.10. The van der Waals surface area contributed by atoms with E-state index in [9.17, 15) is 4.79 Å². The van der Waals surface area contributed by atoms with Crippen molar-refractivity contribution < 1.29 is 14.4 Å². The van der Waals surface area contributed by atoms with Crippen molar-refractivity contribution >= 4 is 29.1 Å². The summed E-state index contributed by atoms with van der Waals surface area (Å²) in [5.74, 6) is 0.588. The van der Waals surface area contributed by atoms with E-state index in [2.05, 4.69) is 10.5 Å². The van der Waals surface area contributed by atoms with Crippen LogP contribution in [0.5, 0.6) is 5.75 Å². The van der Waals surface area contributed by atoms with Gasteiger partial charge in [-0.15, -0.1) is 11.8 Å². The lowest BCUT2D eigenvalue weighted by Gasteiger charge is -2.12. The van der Waals surface area contributed by atoms with Crippen molar-refractivity contribution in [1.82, 2.24) is 0 Å². The largest absolute Gasteiger partial charge is 0.497 e. The molecule has 6 heteroatoms. The molecule has 1 atom stereocenters. The second-order valence-electron chi connectivity index (χ2n) is 5.25. The Bertz CT molecular complexity index is 759. The monoisotopic (exact) mass is 342 g/mol. The standard InChI is InChI=1S/C18H18N2O3S/c1-22-13-9-7-12(8-10-13)15-11-16(23-20-15)18(21)19-14-5-3-4-6-17(14)24-2/h3-10,16H,11H2,1-2H3,(H,19,21)/t16-/m1/s1. The van der Waals surface area contributed by atoms with E-state index in [0.29, 0.717) is 6.42 Å². The van der Waals surface area contributed by atoms with Gasteiger partial charge in [-0.05, 0) is 48.2 Å². The highest BCUT2D eigenvalue weighted by molar-refractivity contribution is 7.98. The fraction of sp³-hybridized carbons (Fsp3) is 0.222. The van der Waals surface area contributed by atoms with E-state index in [-0.39, 0.29) is 5.91 Å². The van der Waals surface area contributed by atoms with Crippen LogP contribution in [0.3, 0.4) is 0 Å². The van der Waals surface area contributed by atoms with Gasteiger partial charge in [-0.3, -0.25) is 4.79 Å². The molecule has 124 valence electrons. The minimum atomic E-state index is -0.614. The smallest absolute Gasteiger partial charge is 0.268 e. The minimum absolute atomic E-state index is 0.191. The Labute approximate surface area is 145 Å². The molecule has 2 aromatic rings. The summed E-state index contributed by atoms with van der Waals surface area (Å²) in [5.41, 5.74) is 2.48. The van der Waals surface area contributed by atoms with Crippen LogP contribution >= 0.6 is 11.8 Å². The van der Waals surface area contributed by atoms with E-state index < -0.39 is 6.10 Å². The lowest BCUT2D eigenvalue weighted by molar-refractivity contribution is -0.125. The molecule has 1 aliphatic heterocycles. The van der Waals surface area contributed by atoms with Gasteiger partial charge < -0.3 is 14.9 Å². The lowest BCUT2D eigenvalue weighted by atomic mass is 10.0. The lowest BCUT2D eigenvalue weighted by Crippen LogP contribution is -2.28. The fourth-order valence-electron chi connectivity index (χ4n) is 2.43. The van der Waals surface area contributed by atoms with Gasteiger partial charge in [0.25, 0.3) is 5.91 Å². The van der Waals surface area contributed by atoms with Crippen LogP contribution in [0.25, 0.3) is 0 Å². The van der Waals surface area contributed by atoms with Gasteiger partial charge in [-0.2, -0.15) is 0 Å². The number of nitrogens with zero attached hydrogens (tertiary/aromatic N) is 1. The summed E-state index contributed by atoms with van der Waals surface area (Å²) in [5, 5.41) is 6.97. The molecular formula is C18H18N2O3S. The molecule has 1 amide bonds. The SMILES string of the molecule is COc1ccc(C2=NO[C@@H](C(=O)Nc3ccccc3SC)C2)cc1. The molecule has 24 heavy (non-hydrogen) atoms. The van der Waals surface area contributed by atoms with Crippen molar-refractivity contribution in [2.24, 2.45) is 5.16 Å². The first kappa shape index (κ1) is 16.4. The third-order valence-electron chi connectivity index (χ3n) is 3.75. The molecule has 0 aliphatic carbocycles. The van der Waals surface area contributed by atoms with Crippen LogP contribution in [0, 0.1) is 0 Å². The number of rotatable bonds is 5.